The van der Waals surface area contributed by atoms with Gasteiger partial charge in [-0.1, -0.05) is 34.1 Å². The van der Waals surface area contributed by atoms with E-state index >= 15 is 0 Å². The predicted molar refractivity (Wildman–Crippen MR) is 86.7 cm³/mol. The quantitative estimate of drug-likeness (QED) is 0.741. The SMILES string of the molecule is NC(=O)c1ccccc1OCc1nnc(-c2cccc(Br)c2)o1. The molecule has 0 saturated carbocycles. The second-order valence-electron chi connectivity index (χ2n) is 4.66. The van der Waals surface area contributed by atoms with E-state index in [0.717, 1.165) is 10.0 Å². The van der Waals surface area contributed by atoms with Gasteiger partial charge in [-0.25, -0.2) is 0 Å². The molecule has 6 nitrogen and oxygen atoms in total. The van der Waals surface area contributed by atoms with Crippen LogP contribution in [0.15, 0.2) is 57.4 Å². The molecule has 0 radical (unpaired) electrons. The number of hydrogen-bond acceptors (Lipinski definition) is 5. The third-order valence-corrected chi connectivity index (χ3v) is 3.54. The minimum Gasteiger partial charge on any atom is -0.483 e. The number of nitrogens with two attached hydrogens (primary N) is 1. The second-order valence-corrected chi connectivity index (χ2v) is 5.58. The van der Waals surface area contributed by atoms with Gasteiger partial charge in [0, 0.05) is 10.0 Å². The number of rotatable bonds is 5. The lowest BCUT2D eigenvalue weighted by molar-refractivity contribution is 0.0995. The van der Waals surface area contributed by atoms with Crippen molar-refractivity contribution in [2.24, 2.45) is 5.73 Å². The van der Waals surface area contributed by atoms with Crippen LogP contribution >= 0.6 is 15.9 Å². The number of aromatic nitrogens is 2. The Kier molecular flexibility index (Phi) is 4.38. The van der Waals surface area contributed by atoms with Crippen LogP contribution in [0, 0.1) is 0 Å². The Labute approximate surface area is 140 Å². The molecule has 23 heavy (non-hydrogen) atoms. The standard InChI is InChI=1S/C16H12BrN3O3/c17-11-5-3-4-10(8-11)16-20-19-14(23-16)9-22-13-7-2-1-6-12(13)15(18)21/h1-8H,9H2,(H2,18,21). The van der Waals surface area contributed by atoms with Crippen LogP contribution in [0.4, 0.5) is 0 Å². The summed E-state index contributed by atoms with van der Waals surface area (Å²) in [4.78, 5) is 11.3. The molecule has 7 heteroatoms. The third-order valence-electron chi connectivity index (χ3n) is 3.04. The monoisotopic (exact) mass is 373 g/mol. The molecule has 0 fully saturated rings. The molecule has 3 rings (SSSR count). The van der Waals surface area contributed by atoms with Crippen molar-refractivity contribution in [3.05, 3.63) is 64.5 Å². The van der Waals surface area contributed by atoms with Crippen molar-refractivity contribution in [1.29, 1.82) is 0 Å². The summed E-state index contributed by atoms with van der Waals surface area (Å²) in [6.07, 6.45) is 0. The zero-order valence-corrected chi connectivity index (χ0v) is 13.5. The van der Waals surface area contributed by atoms with E-state index in [9.17, 15) is 4.79 Å². The van der Waals surface area contributed by atoms with Crippen LogP contribution in [0.5, 0.6) is 5.75 Å². The van der Waals surface area contributed by atoms with Crippen LogP contribution < -0.4 is 10.5 Å². The van der Waals surface area contributed by atoms with E-state index in [0.29, 0.717) is 23.1 Å². The number of ether oxygens (including phenoxy) is 1. The second kappa shape index (κ2) is 6.62. The Hall–Kier alpha value is -2.67. The van der Waals surface area contributed by atoms with Crippen molar-refractivity contribution in [3.63, 3.8) is 0 Å². The maximum atomic E-state index is 11.3. The van der Waals surface area contributed by atoms with Crippen molar-refractivity contribution in [1.82, 2.24) is 10.2 Å². The van der Waals surface area contributed by atoms with Gasteiger partial charge in [-0.3, -0.25) is 4.79 Å². The summed E-state index contributed by atoms with van der Waals surface area (Å²) in [6.45, 7) is 0.0469. The molecule has 1 heterocycles. The highest BCUT2D eigenvalue weighted by Gasteiger charge is 2.12. The molecule has 0 spiro atoms. The van der Waals surface area contributed by atoms with E-state index in [-0.39, 0.29) is 6.61 Å². The van der Waals surface area contributed by atoms with Crippen LogP contribution in [-0.2, 0) is 6.61 Å². The van der Waals surface area contributed by atoms with Crippen LogP contribution in [0.3, 0.4) is 0 Å². The zero-order chi connectivity index (χ0) is 16.2. The molecule has 0 bridgehead atoms. The Morgan fingerprint density at radius 3 is 2.78 bits per heavy atom. The molecule has 2 N–H and O–H groups in total. The summed E-state index contributed by atoms with van der Waals surface area (Å²) in [5.41, 5.74) is 6.41. The number of carbonyl (C=O) groups excluding carboxylic acids is 1. The minimum atomic E-state index is -0.555. The van der Waals surface area contributed by atoms with Gasteiger partial charge in [-0.2, -0.15) is 0 Å². The first-order chi connectivity index (χ1) is 11.1. The van der Waals surface area contributed by atoms with E-state index in [1.54, 1.807) is 24.3 Å². The van der Waals surface area contributed by atoms with E-state index in [1.165, 1.54) is 0 Å². The van der Waals surface area contributed by atoms with E-state index < -0.39 is 5.91 Å². The van der Waals surface area contributed by atoms with Crippen molar-refractivity contribution in [2.75, 3.05) is 0 Å². The molecule has 2 aromatic carbocycles. The number of primary amides is 1. The fourth-order valence-corrected chi connectivity index (χ4v) is 2.38. The summed E-state index contributed by atoms with van der Waals surface area (Å²) in [5.74, 6) is 0.524. The summed E-state index contributed by atoms with van der Waals surface area (Å²) in [6, 6.07) is 14.2. The highest BCUT2D eigenvalue weighted by atomic mass is 79.9. The van der Waals surface area contributed by atoms with Crippen molar-refractivity contribution >= 4 is 21.8 Å². The first kappa shape index (κ1) is 15.2. The average Bonchev–Trinajstić information content (AvgIpc) is 3.02. The Bertz CT molecular complexity index is 848. The lowest BCUT2D eigenvalue weighted by Gasteiger charge is -2.06. The highest BCUT2D eigenvalue weighted by Crippen LogP contribution is 2.23. The summed E-state index contributed by atoms with van der Waals surface area (Å²) in [5, 5.41) is 7.93. The zero-order valence-electron chi connectivity index (χ0n) is 11.9. The van der Waals surface area contributed by atoms with Crippen LogP contribution in [0.1, 0.15) is 16.2 Å². The van der Waals surface area contributed by atoms with Crippen LogP contribution in [0.25, 0.3) is 11.5 Å². The number of nitrogens with zero attached hydrogens (tertiary/aromatic N) is 2. The van der Waals surface area contributed by atoms with Crippen molar-refractivity contribution in [2.45, 2.75) is 6.61 Å². The number of halogens is 1. The van der Waals surface area contributed by atoms with Gasteiger partial charge in [-0.15, -0.1) is 10.2 Å². The fourth-order valence-electron chi connectivity index (χ4n) is 1.99. The molecular formula is C16H12BrN3O3. The molecule has 1 amide bonds. The fraction of sp³-hybridized carbons (Fsp3) is 0.0625. The molecule has 0 aliphatic carbocycles. The molecule has 116 valence electrons. The summed E-state index contributed by atoms with van der Waals surface area (Å²) >= 11 is 3.39. The van der Waals surface area contributed by atoms with Gasteiger partial charge in [0.2, 0.25) is 5.89 Å². The number of benzene rings is 2. The first-order valence-electron chi connectivity index (χ1n) is 6.73. The molecule has 0 saturated heterocycles. The van der Waals surface area contributed by atoms with Crippen molar-refractivity contribution < 1.29 is 13.9 Å². The normalized spacial score (nSPS) is 10.5. The highest BCUT2D eigenvalue weighted by molar-refractivity contribution is 9.10. The number of para-hydroxylation sites is 1. The van der Waals surface area contributed by atoms with Gasteiger partial charge in [0.05, 0.1) is 5.56 Å². The van der Waals surface area contributed by atoms with Gasteiger partial charge in [-0.05, 0) is 30.3 Å². The smallest absolute Gasteiger partial charge is 0.254 e. The van der Waals surface area contributed by atoms with E-state index in [1.807, 2.05) is 24.3 Å². The van der Waals surface area contributed by atoms with Gasteiger partial charge >= 0.3 is 0 Å². The topological polar surface area (TPSA) is 91.2 Å². The van der Waals surface area contributed by atoms with Gasteiger partial charge in [0.1, 0.15) is 5.75 Å². The van der Waals surface area contributed by atoms with E-state index in [4.69, 9.17) is 14.9 Å². The third kappa shape index (κ3) is 3.57. The molecule has 0 atom stereocenters. The largest absolute Gasteiger partial charge is 0.483 e. The number of carbonyl (C=O) groups is 1. The van der Waals surface area contributed by atoms with Gasteiger partial charge in [0.15, 0.2) is 6.61 Å². The molecule has 1 aromatic heterocycles. The molecule has 0 aliphatic heterocycles. The van der Waals surface area contributed by atoms with Crippen LogP contribution in [0.2, 0.25) is 0 Å². The number of amides is 1. The Morgan fingerprint density at radius 1 is 1.17 bits per heavy atom. The first-order valence-corrected chi connectivity index (χ1v) is 7.53. The summed E-state index contributed by atoms with van der Waals surface area (Å²) in [7, 11) is 0. The van der Waals surface area contributed by atoms with E-state index in [2.05, 4.69) is 26.1 Å². The van der Waals surface area contributed by atoms with Crippen molar-refractivity contribution in [3.8, 4) is 17.2 Å². The van der Waals surface area contributed by atoms with Crippen LogP contribution in [-0.4, -0.2) is 16.1 Å². The Morgan fingerprint density at radius 2 is 2.00 bits per heavy atom. The lowest BCUT2D eigenvalue weighted by atomic mass is 10.2. The summed E-state index contributed by atoms with van der Waals surface area (Å²) < 4.78 is 12.0. The predicted octanol–water partition coefficient (Wildman–Crippen LogP) is 3.18. The maximum absolute atomic E-state index is 11.3. The molecule has 0 aliphatic rings. The molecular weight excluding hydrogens is 362 g/mol. The average molecular weight is 374 g/mol. The Balaban J connectivity index is 1.74. The lowest BCUT2D eigenvalue weighted by Crippen LogP contribution is -2.12. The van der Waals surface area contributed by atoms with Gasteiger partial charge < -0.3 is 14.9 Å². The molecule has 3 aromatic rings. The van der Waals surface area contributed by atoms with Gasteiger partial charge in [0.25, 0.3) is 11.8 Å². The maximum Gasteiger partial charge on any atom is 0.254 e. The minimum absolute atomic E-state index is 0.0469. The number of hydrogen-bond donors (Lipinski definition) is 1. The molecule has 0 unspecified atom stereocenters.